The number of carbonyl (C=O) groups is 2. The molecule has 2 aromatic carbocycles. The van der Waals surface area contributed by atoms with Crippen LogP contribution in [0.4, 0.5) is 0 Å². The Bertz CT molecular complexity index is 1160. The van der Waals surface area contributed by atoms with Crippen molar-refractivity contribution in [3.05, 3.63) is 71.6 Å². The van der Waals surface area contributed by atoms with Gasteiger partial charge in [0.15, 0.2) is 0 Å². The zero-order chi connectivity index (χ0) is 22.0. The minimum absolute atomic E-state index is 0.129. The smallest absolute Gasteiger partial charge is 0.277 e. The van der Waals surface area contributed by atoms with E-state index in [1.54, 1.807) is 30.1 Å². The molecule has 0 atom stereocenters. The van der Waals surface area contributed by atoms with Crippen LogP contribution in [0.2, 0.25) is 0 Å². The molecule has 0 unspecified atom stereocenters. The Morgan fingerprint density at radius 1 is 1.06 bits per heavy atom. The summed E-state index contributed by atoms with van der Waals surface area (Å²) in [6, 6.07) is 15.1. The maximum atomic E-state index is 13.4. The van der Waals surface area contributed by atoms with Crippen LogP contribution in [0.3, 0.4) is 0 Å². The minimum Gasteiger partial charge on any atom is -0.496 e. The van der Waals surface area contributed by atoms with Gasteiger partial charge in [0.1, 0.15) is 11.4 Å². The molecule has 0 radical (unpaired) electrons. The van der Waals surface area contributed by atoms with Crippen molar-refractivity contribution in [2.45, 2.75) is 6.42 Å². The zero-order valence-corrected chi connectivity index (χ0v) is 17.6. The van der Waals surface area contributed by atoms with Gasteiger partial charge in [0.25, 0.3) is 11.8 Å². The van der Waals surface area contributed by atoms with Crippen molar-refractivity contribution < 1.29 is 19.4 Å². The van der Waals surface area contributed by atoms with Gasteiger partial charge in [0.2, 0.25) is 0 Å². The SMILES string of the molecule is COc1ccccc1C1=C(N(C)CCO)C(=O)N(CCc2c[nH]c3ccccc23)C1=O. The van der Waals surface area contributed by atoms with Gasteiger partial charge in [-0.2, -0.15) is 0 Å². The molecular weight excluding hydrogens is 394 g/mol. The van der Waals surface area contributed by atoms with Gasteiger partial charge in [0, 0.05) is 42.8 Å². The molecule has 0 saturated carbocycles. The van der Waals surface area contributed by atoms with Crippen LogP contribution < -0.4 is 4.74 Å². The second kappa shape index (κ2) is 8.65. The second-order valence-electron chi connectivity index (χ2n) is 7.44. The van der Waals surface area contributed by atoms with Crippen molar-refractivity contribution in [1.82, 2.24) is 14.8 Å². The van der Waals surface area contributed by atoms with E-state index in [9.17, 15) is 14.7 Å². The first-order valence-corrected chi connectivity index (χ1v) is 10.2. The maximum absolute atomic E-state index is 13.4. The number of rotatable bonds is 8. The van der Waals surface area contributed by atoms with Crippen LogP contribution in [0.25, 0.3) is 16.5 Å². The number of imide groups is 1. The highest BCUT2D eigenvalue weighted by molar-refractivity contribution is 6.36. The molecule has 31 heavy (non-hydrogen) atoms. The standard InChI is InChI=1S/C24H25N3O4/c1-26(13-14-28)22-21(18-8-4-6-10-20(18)31-2)23(29)27(24(22)30)12-11-16-15-25-19-9-5-3-7-17(16)19/h3-10,15,25,28H,11-14H2,1-2H3. The van der Waals surface area contributed by atoms with E-state index in [1.807, 2.05) is 36.5 Å². The summed E-state index contributed by atoms with van der Waals surface area (Å²) in [6.45, 7) is 0.369. The number of para-hydroxylation sites is 2. The topological polar surface area (TPSA) is 85.9 Å². The number of aliphatic hydroxyl groups excluding tert-OH is 1. The number of hydrogen-bond acceptors (Lipinski definition) is 5. The third kappa shape index (κ3) is 3.68. The number of H-pyrrole nitrogens is 1. The summed E-state index contributed by atoms with van der Waals surface area (Å²) in [5.74, 6) is -0.192. The van der Waals surface area contributed by atoms with Crippen LogP contribution in [0, 0.1) is 0 Å². The van der Waals surface area contributed by atoms with E-state index in [1.165, 1.54) is 12.0 Å². The molecule has 7 heteroatoms. The average molecular weight is 419 g/mol. The number of carbonyl (C=O) groups excluding carboxylic acids is 2. The fourth-order valence-electron chi connectivity index (χ4n) is 4.05. The monoisotopic (exact) mass is 419 g/mol. The van der Waals surface area contributed by atoms with Crippen LogP contribution in [-0.2, 0) is 16.0 Å². The first-order chi connectivity index (χ1) is 15.1. The lowest BCUT2D eigenvalue weighted by Gasteiger charge is -2.20. The fourth-order valence-corrected chi connectivity index (χ4v) is 4.05. The highest BCUT2D eigenvalue weighted by Crippen LogP contribution is 2.36. The Kier molecular flexibility index (Phi) is 5.77. The lowest BCUT2D eigenvalue weighted by Crippen LogP contribution is -2.36. The number of hydrogen-bond donors (Lipinski definition) is 2. The Morgan fingerprint density at radius 3 is 2.58 bits per heavy atom. The first kappa shape index (κ1) is 20.7. The number of methoxy groups -OCH3 is 1. The van der Waals surface area contributed by atoms with Crippen molar-refractivity contribution in [2.75, 3.05) is 33.9 Å². The molecule has 7 nitrogen and oxygen atoms in total. The van der Waals surface area contributed by atoms with Crippen LogP contribution in [0.5, 0.6) is 5.75 Å². The average Bonchev–Trinajstić information content (AvgIpc) is 3.30. The Hall–Kier alpha value is -3.58. The summed E-state index contributed by atoms with van der Waals surface area (Å²) in [7, 11) is 3.24. The number of aromatic amines is 1. The van der Waals surface area contributed by atoms with Gasteiger partial charge in [-0.15, -0.1) is 0 Å². The van der Waals surface area contributed by atoms with Crippen LogP contribution in [-0.4, -0.2) is 65.6 Å². The van der Waals surface area contributed by atoms with E-state index in [4.69, 9.17) is 4.74 Å². The summed E-state index contributed by atoms with van der Waals surface area (Å²) < 4.78 is 5.44. The number of likely N-dealkylation sites (N-methyl/N-ethyl adjacent to an activating group) is 1. The molecule has 0 aliphatic carbocycles. The molecule has 160 valence electrons. The third-order valence-corrected chi connectivity index (χ3v) is 5.62. The van der Waals surface area contributed by atoms with Gasteiger partial charge in [0.05, 0.1) is 19.3 Å². The molecule has 0 bridgehead atoms. The van der Waals surface area contributed by atoms with Gasteiger partial charge in [-0.05, 0) is 24.1 Å². The molecule has 4 rings (SSSR count). The van der Waals surface area contributed by atoms with E-state index < -0.39 is 0 Å². The molecule has 0 spiro atoms. The predicted octanol–water partition coefficient (Wildman–Crippen LogP) is 2.42. The van der Waals surface area contributed by atoms with Gasteiger partial charge in [-0.25, -0.2) is 0 Å². The molecule has 0 fully saturated rings. The van der Waals surface area contributed by atoms with E-state index in [0.29, 0.717) is 23.3 Å². The molecule has 1 aliphatic rings. The molecule has 3 aromatic rings. The van der Waals surface area contributed by atoms with Crippen molar-refractivity contribution in [3.63, 3.8) is 0 Å². The second-order valence-corrected chi connectivity index (χ2v) is 7.44. The van der Waals surface area contributed by atoms with Crippen molar-refractivity contribution in [2.24, 2.45) is 0 Å². The predicted molar refractivity (Wildman–Crippen MR) is 118 cm³/mol. The van der Waals surface area contributed by atoms with Crippen molar-refractivity contribution in [3.8, 4) is 5.75 Å². The molecule has 1 aromatic heterocycles. The van der Waals surface area contributed by atoms with Gasteiger partial charge in [-0.3, -0.25) is 14.5 Å². The lowest BCUT2D eigenvalue weighted by molar-refractivity contribution is -0.137. The Morgan fingerprint density at radius 2 is 1.81 bits per heavy atom. The van der Waals surface area contributed by atoms with E-state index in [0.717, 1.165) is 16.5 Å². The molecule has 2 amide bonds. The fraction of sp³-hybridized carbons (Fsp3) is 0.250. The summed E-state index contributed by atoms with van der Waals surface area (Å²) >= 11 is 0. The number of nitrogens with one attached hydrogen (secondary N) is 1. The number of benzene rings is 2. The number of aliphatic hydroxyl groups is 1. The van der Waals surface area contributed by atoms with Gasteiger partial charge < -0.3 is 19.7 Å². The van der Waals surface area contributed by atoms with Gasteiger partial charge in [-0.1, -0.05) is 36.4 Å². The van der Waals surface area contributed by atoms with Gasteiger partial charge >= 0.3 is 0 Å². The number of fused-ring (bicyclic) bond motifs is 1. The van der Waals surface area contributed by atoms with E-state index in [-0.39, 0.29) is 37.2 Å². The maximum Gasteiger partial charge on any atom is 0.277 e. The zero-order valence-electron chi connectivity index (χ0n) is 17.6. The quantitative estimate of drug-likeness (QED) is 0.548. The van der Waals surface area contributed by atoms with Crippen molar-refractivity contribution >= 4 is 28.3 Å². The van der Waals surface area contributed by atoms with Crippen molar-refractivity contribution in [1.29, 1.82) is 0 Å². The number of amides is 2. The van der Waals surface area contributed by atoms with E-state index in [2.05, 4.69) is 4.98 Å². The summed E-state index contributed by atoms with van der Waals surface area (Å²) in [6.07, 6.45) is 2.46. The summed E-state index contributed by atoms with van der Waals surface area (Å²) in [5, 5.41) is 10.5. The lowest BCUT2D eigenvalue weighted by atomic mass is 10.0. The van der Waals surface area contributed by atoms with Crippen LogP contribution in [0.15, 0.2) is 60.4 Å². The normalized spacial score (nSPS) is 14.1. The number of aromatic nitrogens is 1. The molecular formula is C24H25N3O4. The molecule has 2 heterocycles. The summed E-state index contributed by atoms with van der Waals surface area (Å²) in [4.78, 5) is 32.9. The van der Waals surface area contributed by atoms with Crippen LogP contribution >= 0.6 is 0 Å². The Balaban J connectivity index is 1.67. The summed E-state index contributed by atoms with van der Waals surface area (Å²) in [5.41, 5.74) is 3.22. The largest absolute Gasteiger partial charge is 0.496 e. The molecule has 0 saturated heterocycles. The third-order valence-electron chi connectivity index (χ3n) is 5.62. The Labute approximate surface area is 180 Å². The first-order valence-electron chi connectivity index (χ1n) is 10.2. The van der Waals surface area contributed by atoms with Crippen LogP contribution in [0.1, 0.15) is 11.1 Å². The van der Waals surface area contributed by atoms with E-state index >= 15 is 0 Å². The highest BCUT2D eigenvalue weighted by atomic mass is 16.5. The highest BCUT2D eigenvalue weighted by Gasteiger charge is 2.41. The minimum atomic E-state index is -0.360. The molecule has 1 aliphatic heterocycles. The number of nitrogens with zero attached hydrogens (tertiary/aromatic N) is 2. The number of ether oxygens (including phenoxy) is 1. The molecule has 2 N–H and O–H groups in total.